The Balaban J connectivity index is 1.66. The van der Waals surface area contributed by atoms with Crippen molar-refractivity contribution >= 4 is 45.8 Å². The molecule has 0 aliphatic carbocycles. The first-order valence-corrected chi connectivity index (χ1v) is 10.3. The summed E-state index contributed by atoms with van der Waals surface area (Å²) in [7, 11) is 0. The maximum atomic E-state index is 13.1. The zero-order chi connectivity index (χ0) is 20.4. The summed E-state index contributed by atoms with van der Waals surface area (Å²) in [5, 5.41) is 4.85. The number of nitrogens with zero attached hydrogens (tertiary/aromatic N) is 2. The van der Waals surface area contributed by atoms with Gasteiger partial charge in [0, 0.05) is 11.8 Å². The van der Waals surface area contributed by atoms with Crippen LogP contribution in [-0.2, 0) is 17.1 Å². The average Bonchev–Trinajstić information content (AvgIpc) is 3.30. The number of hydrogen-bond acceptors (Lipinski definition) is 5. The predicted octanol–water partition coefficient (Wildman–Crippen LogP) is 3.73. The van der Waals surface area contributed by atoms with E-state index in [4.69, 9.17) is 11.6 Å². The minimum atomic E-state index is -1.01. The number of carbonyl (C=O) groups is 3. The highest BCUT2D eigenvalue weighted by atomic mass is 35.5. The molecule has 146 valence electrons. The van der Waals surface area contributed by atoms with Crippen molar-refractivity contribution in [1.29, 1.82) is 0 Å². The van der Waals surface area contributed by atoms with Gasteiger partial charge in [0.1, 0.15) is 6.04 Å². The largest absolute Gasteiger partial charge is 0.300 e. The molecule has 6 nitrogen and oxygen atoms in total. The molecule has 2 heterocycles. The van der Waals surface area contributed by atoms with Crippen molar-refractivity contribution in [2.45, 2.75) is 18.3 Å². The van der Waals surface area contributed by atoms with Crippen molar-refractivity contribution in [1.82, 2.24) is 9.88 Å². The number of halogens is 1. The maximum absolute atomic E-state index is 13.1. The number of carbonyl (C=O) groups excluding carboxylic acids is 3. The smallest absolute Gasteiger partial charge is 0.262 e. The number of alkyl halides is 1. The topological polar surface area (TPSA) is 79.4 Å². The fourth-order valence-electron chi connectivity index (χ4n) is 3.24. The average molecular weight is 426 g/mol. The molecule has 1 atom stereocenters. The molecule has 29 heavy (non-hydrogen) atoms. The van der Waals surface area contributed by atoms with Crippen LogP contribution in [0, 0.1) is 0 Å². The highest BCUT2D eigenvalue weighted by molar-refractivity contribution is 7.14. The zero-order valence-electron chi connectivity index (χ0n) is 15.2. The fourth-order valence-corrected chi connectivity index (χ4v) is 4.19. The van der Waals surface area contributed by atoms with Crippen LogP contribution >= 0.6 is 22.9 Å². The number of hydrogen-bond donors (Lipinski definition) is 1. The molecule has 0 fully saturated rings. The normalized spacial score (nSPS) is 14.0. The van der Waals surface area contributed by atoms with Crippen LogP contribution in [0.1, 0.15) is 32.0 Å². The molecule has 2 aromatic carbocycles. The minimum Gasteiger partial charge on any atom is -0.300 e. The lowest BCUT2D eigenvalue weighted by Crippen LogP contribution is -2.48. The van der Waals surface area contributed by atoms with Gasteiger partial charge in [-0.1, -0.05) is 42.5 Å². The summed E-state index contributed by atoms with van der Waals surface area (Å²) in [6.07, 6.45) is 0.200. The van der Waals surface area contributed by atoms with E-state index in [9.17, 15) is 14.4 Å². The molecular weight excluding hydrogens is 410 g/mol. The fraction of sp³-hybridized carbons (Fsp3) is 0.143. The van der Waals surface area contributed by atoms with E-state index in [2.05, 4.69) is 10.3 Å². The Hall–Kier alpha value is -3.03. The summed E-state index contributed by atoms with van der Waals surface area (Å²) >= 11 is 7.02. The van der Waals surface area contributed by atoms with Crippen LogP contribution in [0.25, 0.3) is 0 Å². The van der Waals surface area contributed by atoms with Crippen LogP contribution in [-0.4, -0.2) is 33.6 Å². The van der Waals surface area contributed by atoms with Gasteiger partial charge in [0.25, 0.3) is 11.8 Å². The molecule has 1 aliphatic heterocycles. The molecule has 0 radical (unpaired) electrons. The van der Waals surface area contributed by atoms with E-state index in [0.717, 1.165) is 10.5 Å². The quantitative estimate of drug-likeness (QED) is 0.482. The van der Waals surface area contributed by atoms with Gasteiger partial charge in [-0.15, -0.1) is 22.9 Å². The number of fused-ring (bicyclic) bond motifs is 1. The van der Waals surface area contributed by atoms with Crippen LogP contribution < -0.4 is 5.32 Å². The number of nitrogens with one attached hydrogen (secondary N) is 1. The number of amides is 3. The first-order chi connectivity index (χ1) is 14.1. The van der Waals surface area contributed by atoms with E-state index >= 15 is 0 Å². The lowest BCUT2D eigenvalue weighted by molar-refractivity contribution is -0.119. The van der Waals surface area contributed by atoms with E-state index in [-0.39, 0.29) is 12.3 Å². The van der Waals surface area contributed by atoms with Gasteiger partial charge in [0.15, 0.2) is 5.13 Å². The summed E-state index contributed by atoms with van der Waals surface area (Å²) in [4.78, 5) is 44.3. The molecule has 0 saturated carbocycles. The van der Waals surface area contributed by atoms with Crippen molar-refractivity contribution in [3.8, 4) is 0 Å². The van der Waals surface area contributed by atoms with Crippen molar-refractivity contribution in [2.24, 2.45) is 0 Å². The van der Waals surface area contributed by atoms with Gasteiger partial charge in [-0.2, -0.15) is 0 Å². The molecule has 8 heteroatoms. The standard InChI is InChI=1S/C21H16ClN3O3S/c22-11-14-12-29-21(23-14)24-18(26)17(10-13-6-2-1-3-7-13)25-19(27)15-8-4-5-9-16(15)20(25)28/h1-9,12,17H,10-11H2,(H,23,24,26). The Morgan fingerprint density at radius 2 is 1.66 bits per heavy atom. The van der Waals surface area contributed by atoms with Gasteiger partial charge >= 0.3 is 0 Å². The second-order valence-corrected chi connectivity index (χ2v) is 7.62. The third-order valence-corrected chi connectivity index (χ3v) is 5.71. The Kier molecular flexibility index (Phi) is 5.42. The monoisotopic (exact) mass is 425 g/mol. The van der Waals surface area contributed by atoms with E-state index in [0.29, 0.717) is 22.0 Å². The second kappa shape index (κ2) is 8.14. The molecule has 1 aromatic heterocycles. The van der Waals surface area contributed by atoms with Gasteiger partial charge in [-0.25, -0.2) is 4.98 Å². The van der Waals surface area contributed by atoms with Gasteiger partial charge in [-0.3, -0.25) is 19.3 Å². The maximum Gasteiger partial charge on any atom is 0.262 e. The summed E-state index contributed by atoms with van der Waals surface area (Å²) in [6.45, 7) is 0. The minimum absolute atomic E-state index is 0.200. The number of aromatic nitrogens is 1. The molecule has 0 saturated heterocycles. The first kappa shape index (κ1) is 19.3. The third-order valence-electron chi connectivity index (χ3n) is 4.63. The third kappa shape index (κ3) is 3.79. The summed E-state index contributed by atoms with van der Waals surface area (Å²) in [6, 6.07) is 14.9. The molecular formula is C21H16ClN3O3S. The molecule has 0 spiro atoms. The van der Waals surface area contributed by atoms with Crippen LogP contribution in [0.4, 0.5) is 5.13 Å². The number of imide groups is 1. The molecule has 1 N–H and O–H groups in total. The summed E-state index contributed by atoms with van der Waals surface area (Å²) < 4.78 is 0. The van der Waals surface area contributed by atoms with Crippen LogP contribution in [0.5, 0.6) is 0 Å². The summed E-state index contributed by atoms with van der Waals surface area (Å²) in [5.74, 6) is -1.18. The molecule has 4 rings (SSSR count). The van der Waals surface area contributed by atoms with Gasteiger partial charge in [0.2, 0.25) is 5.91 Å². The van der Waals surface area contributed by atoms with E-state index < -0.39 is 23.8 Å². The number of rotatable bonds is 6. The van der Waals surface area contributed by atoms with Gasteiger partial charge < -0.3 is 5.32 Å². The van der Waals surface area contributed by atoms with Crippen molar-refractivity contribution < 1.29 is 14.4 Å². The van der Waals surface area contributed by atoms with Crippen molar-refractivity contribution in [3.63, 3.8) is 0 Å². The van der Waals surface area contributed by atoms with Crippen molar-refractivity contribution in [3.05, 3.63) is 82.4 Å². The summed E-state index contributed by atoms with van der Waals surface area (Å²) in [5.41, 5.74) is 2.10. The van der Waals surface area contributed by atoms with Crippen LogP contribution in [0.3, 0.4) is 0 Å². The lowest BCUT2D eigenvalue weighted by Gasteiger charge is -2.25. The number of thiazole rings is 1. The SMILES string of the molecule is O=C(Nc1nc(CCl)cs1)C(Cc1ccccc1)N1C(=O)c2ccccc2C1=O. The second-order valence-electron chi connectivity index (χ2n) is 6.50. The van der Waals surface area contributed by atoms with E-state index in [1.165, 1.54) is 11.3 Å². The Bertz CT molecular complexity index is 1050. The number of benzene rings is 2. The molecule has 1 unspecified atom stereocenters. The lowest BCUT2D eigenvalue weighted by atomic mass is 10.0. The molecule has 1 aliphatic rings. The first-order valence-electron chi connectivity index (χ1n) is 8.90. The van der Waals surface area contributed by atoms with Crippen LogP contribution in [0.2, 0.25) is 0 Å². The van der Waals surface area contributed by atoms with Gasteiger partial charge in [0.05, 0.1) is 22.7 Å². The molecule has 0 bridgehead atoms. The Morgan fingerprint density at radius 3 is 2.24 bits per heavy atom. The predicted molar refractivity (Wildman–Crippen MR) is 111 cm³/mol. The highest BCUT2D eigenvalue weighted by Crippen LogP contribution is 2.27. The van der Waals surface area contributed by atoms with Crippen molar-refractivity contribution in [2.75, 3.05) is 5.32 Å². The Labute approximate surface area is 176 Å². The van der Waals surface area contributed by atoms with E-state index in [1.807, 2.05) is 30.3 Å². The molecule has 3 aromatic rings. The van der Waals surface area contributed by atoms with Crippen LogP contribution in [0.15, 0.2) is 60.0 Å². The number of anilines is 1. The van der Waals surface area contributed by atoms with E-state index in [1.54, 1.807) is 29.6 Å². The van der Waals surface area contributed by atoms with Gasteiger partial charge in [-0.05, 0) is 17.7 Å². The highest BCUT2D eigenvalue weighted by Gasteiger charge is 2.42. The zero-order valence-corrected chi connectivity index (χ0v) is 16.7. The Morgan fingerprint density at radius 1 is 1.03 bits per heavy atom. The molecule has 3 amide bonds.